The fourth-order valence-corrected chi connectivity index (χ4v) is 7.83. The normalized spacial score (nSPS) is 12.8. The molecule has 4 nitrogen and oxygen atoms in total. The van der Waals surface area contributed by atoms with Gasteiger partial charge in [0.1, 0.15) is 11.5 Å². The summed E-state index contributed by atoms with van der Waals surface area (Å²) in [5.74, 6) is 1.74. The summed E-state index contributed by atoms with van der Waals surface area (Å²) in [6, 6.07) is 48.5. The maximum Gasteiger partial charge on any atom is 0.119 e. The van der Waals surface area contributed by atoms with E-state index in [2.05, 4.69) is 133 Å². The molecule has 0 unspecified atom stereocenters. The number of unbranched alkanes of at least 4 members (excludes halogenated alkanes) is 6. The van der Waals surface area contributed by atoms with Crippen LogP contribution >= 0.6 is 0 Å². The molecule has 0 bridgehead atoms. The zero-order chi connectivity index (χ0) is 34.9. The molecule has 0 saturated heterocycles. The van der Waals surface area contributed by atoms with Gasteiger partial charge in [-0.05, 0) is 124 Å². The van der Waals surface area contributed by atoms with Gasteiger partial charge in [0, 0.05) is 13.2 Å². The standard InChI is InChI=1S/C47H48O4/c48-30-9-1-3-11-32-50-40-26-22-38(23-27-40)47(39-24-28-41(29-25-39)51-33-12-4-2-10-31-49)44-18-8-7-16-43(44)46-42(17-13-19-45(46)47)37-21-20-35-14-5-6-15-36(35)34-37/h5-8,13-29,34,48-49H,1-4,9-12,30-33H2. The van der Waals surface area contributed by atoms with E-state index in [0.717, 1.165) is 62.9 Å². The van der Waals surface area contributed by atoms with Crippen molar-refractivity contribution in [2.75, 3.05) is 26.4 Å². The van der Waals surface area contributed by atoms with Crippen molar-refractivity contribution in [1.29, 1.82) is 0 Å². The van der Waals surface area contributed by atoms with Gasteiger partial charge < -0.3 is 19.7 Å². The van der Waals surface area contributed by atoms with Crippen molar-refractivity contribution >= 4 is 10.8 Å². The largest absolute Gasteiger partial charge is 0.494 e. The van der Waals surface area contributed by atoms with Gasteiger partial charge in [0.15, 0.2) is 0 Å². The Morgan fingerprint density at radius 2 is 0.961 bits per heavy atom. The maximum absolute atomic E-state index is 9.09. The van der Waals surface area contributed by atoms with E-state index >= 15 is 0 Å². The Kier molecular flexibility index (Phi) is 11.1. The van der Waals surface area contributed by atoms with Gasteiger partial charge in [-0.2, -0.15) is 0 Å². The summed E-state index contributed by atoms with van der Waals surface area (Å²) in [6.45, 7) is 1.84. The van der Waals surface area contributed by atoms with Gasteiger partial charge in [0.05, 0.1) is 18.6 Å². The molecule has 1 aliphatic carbocycles. The van der Waals surface area contributed by atoms with Crippen LogP contribution in [-0.2, 0) is 5.41 Å². The molecular formula is C47H48O4. The van der Waals surface area contributed by atoms with E-state index < -0.39 is 5.41 Å². The van der Waals surface area contributed by atoms with Crippen LogP contribution in [0.25, 0.3) is 33.0 Å². The highest BCUT2D eigenvalue weighted by Gasteiger charge is 2.46. The molecule has 1 aliphatic rings. The van der Waals surface area contributed by atoms with Crippen molar-refractivity contribution in [3.05, 3.63) is 156 Å². The average molecular weight is 677 g/mol. The van der Waals surface area contributed by atoms with Crippen molar-refractivity contribution in [2.45, 2.75) is 56.8 Å². The van der Waals surface area contributed by atoms with Gasteiger partial charge >= 0.3 is 0 Å². The second-order valence-corrected chi connectivity index (χ2v) is 13.6. The number of hydrogen-bond donors (Lipinski definition) is 2. The first-order chi connectivity index (χ1) is 25.2. The molecule has 0 spiro atoms. The first kappa shape index (κ1) is 34.5. The fourth-order valence-electron chi connectivity index (χ4n) is 7.83. The van der Waals surface area contributed by atoms with Gasteiger partial charge in [0.25, 0.3) is 0 Å². The van der Waals surface area contributed by atoms with Crippen LogP contribution in [0.15, 0.2) is 133 Å². The molecule has 7 rings (SSSR count). The summed E-state index contributed by atoms with van der Waals surface area (Å²) >= 11 is 0. The highest BCUT2D eigenvalue weighted by atomic mass is 16.5. The lowest BCUT2D eigenvalue weighted by atomic mass is 9.67. The minimum absolute atomic E-state index is 0.252. The summed E-state index contributed by atoms with van der Waals surface area (Å²) in [5, 5.41) is 20.7. The first-order valence-corrected chi connectivity index (χ1v) is 18.6. The summed E-state index contributed by atoms with van der Waals surface area (Å²) in [7, 11) is 0. The van der Waals surface area contributed by atoms with E-state index in [1.54, 1.807) is 0 Å². The number of aliphatic hydroxyl groups excluding tert-OH is 2. The number of ether oxygens (including phenoxy) is 2. The second kappa shape index (κ2) is 16.4. The Balaban J connectivity index is 1.30. The van der Waals surface area contributed by atoms with E-state index in [1.165, 1.54) is 55.3 Å². The molecule has 6 aromatic rings. The Labute approximate surface area is 302 Å². The van der Waals surface area contributed by atoms with Gasteiger partial charge in [-0.25, -0.2) is 0 Å². The van der Waals surface area contributed by atoms with Gasteiger partial charge in [-0.3, -0.25) is 0 Å². The molecule has 0 saturated carbocycles. The number of aliphatic hydroxyl groups is 2. The lowest BCUT2D eigenvalue weighted by molar-refractivity contribution is 0.273. The van der Waals surface area contributed by atoms with Crippen molar-refractivity contribution in [1.82, 2.24) is 0 Å². The zero-order valence-corrected chi connectivity index (χ0v) is 29.4. The molecule has 0 atom stereocenters. The molecule has 6 aromatic carbocycles. The average Bonchev–Trinajstić information content (AvgIpc) is 3.49. The van der Waals surface area contributed by atoms with Gasteiger partial charge in [-0.15, -0.1) is 0 Å². The molecular weight excluding hydrogens is 629 g/mol. The highest BCUT2D eigenvalue weighted by molar-refractivity contribution is 5.97. The Morgan fingerprint density at radius 1 is 0.431 bits per heavy atom. The van der Waals surface area contributed by atoms with E-state index in [0.29, 0.717) is 13.2 Å². The minimum atomic E-state index is -0.551. The van der Waals surface area contributed by atoms with Crippen LogP contribution in [0.5, 0.6) is 11.5 Å². The van der Waals surface area contributed by atoms with E-state index in [-0.39, 0.29) is 13.2 Å². The highest BCUT2D eigenvalue weighted by Crippen LogP contribution is 2.58. The van der Waals surface area contributed by atoms with E-state index in [9.17, 15) is 0 Å². The summed E-state index contributed by atoms with van der Waals surface area (Å²) in [6.07, 6.45) is 7.80. The summed E-state index contributed by atoms with van der Waals surface area (Å²) in [5.41, 5.74) is 9.33. The minimum Gasteiger partial charge on any atom is -0.494 e. The van der Waals surface area contributed by atoms with Crippen LogP contribution < -0.4 is 9.47 Å². The van der Waals surface area contributed by atoms with Crippen LogP contribution in [0.2, 0.25) is 0 Å². The van der Waals surface area contributed by atoms with Crippen LogP contribution in [0, 0.1) is 0 Å². The smallest absolute Gasteiger partial charge is 0.119 e. The molecule has 4 heteroatoms. The lowest BCUT2D eigenvalue weighted by Gasteiger charge is -2.34. The van der Waals surface area contributed by atoms with Crippen LogP contribution in [0.1, 0.15) is 73.6 Å². The topological polar surface area (TPSA) is 58.9 Å². The molecule has 0 heterocycles. The molecule has 260 valence electrons. The molecule has 0 aliphatic heterocycles. The van der Waals surface area contributed by atoms with E-state index in [4.69, 9.17) is 19.7 Å². The second-order valence-electron chi connectivity index (χ2n) is 13.6. The SMILES string of the molecule is OCCCCCCOc1ccc(C2(c3ccc(OCCCCCCO)cc3)c3ccccc3-c3c(-c4ccc5ccccc5c4)cccc32)cc1. The molecule has 0 aromatic heterocycles. The van der Waals surface area contributed by atoms with Gasteiger partial charge in [-0.1, -0.05) is 116 Å². The Bertz CT molecular complexity index is 1970. The lowest BCUT2D eigenvalue weighted by Crippen LogP contribution is -2.28. The molecule has 0 amide bonds. The first-order valence-electron chi connectivity index (χ1n) is 18.6. The zero-order valence-electron chi connectivity index (χ0n) is 29.4. The maximum atomic E-state index is 9.09. The fraction of sp³-hybridized carbons (Fsp3) is 0.277. The molecule has 0 fully saturated rings. The molecule has 51 heavy (non-hydrogen) atoms. The van der Waals surface area contributed by atoms with E-state index in [1.807, 2.05) is 0 Å². The predicted molar refractivity (Wildman–Crippen MR) is 209 cm³/mol. The Hall–Kier alpha value is -4.90. The van der Waals surface area contributed by atoms with Crippen molar-refractivity contribution in [2.24, 2.45) is 0 Å². The van der Waals surface area contributed by atoms with Crippen molar-refractivity contribution < 1.29 is 19.7 Å². The monoisotopic (exact) mass is 676 g/mol. The third-order valence-corrected chi connectivity index (χ3v) is 10.3. The van der Waals surface area contributed by atoms with Crippen LogP contribution in [-0.4, -0.2) is 36.6 Å². The summed E-state index contributed by atoms with van der Waals surface area (Å²) < 4.78 is 12.4. The summed E-state index contributed by atoms with van der Waals surface area (Å²) in [4.78, 5) is 0. The van der Waals surface area contributed by atoms with Crippen molar-refractivity contribution in [3.63, 3.8) is 0 Å². The molecule has 2 N–H and O–H groups in total. The Morgan fingerprint density at radius 3 is 1.59 bits per heavy atom. The van der Waals surface area contributed by atoms with Crippen LogP contribution in [0.3, 0.4) is 0 Å². The number of benzene rings is 6. The number of hydrogen-bond acceptors (Lipinski definition) is 4. The quantitative estimate of drug-likeness (QED) is 0.0943. The van der Waals surface area contributed by atoms with Crippen molar-refractivity contribution in [3.8, 4) is 33.8 Å². The molecule has 0 radical (unpaired) electrons. The number of rotatable bonds is 17. The third-order valence-electron chi connectivity index (χ3n) is 10.3. The predicted octanol–water partition coefficient (Wildman–Crippen LogP) is 10.7. The number of fused-ring (bicyclic) bond motifs is 4. The third kappa shape index (κ3) is 7.17. The van der Waals surface area contributed by atoms with Crippen LogP contribution in [0.4, 0.5) is 0 Å². The van der Waals surface area contributed by atoms with Gasteiger partial charge in [0.2, 0.25) is 0 Å².